The molecule has 0 amide bonds. The van der Waals surface area contributed by atoms with Gasteiger partial charge in [-0.1, -0.05) is 0 Å². The third-order valence-electron chi connectivity index (χ3n) is 2.87. The molecule has 2 unspecified atom stereocenters. The molecular weight excluding hydrogens is 305 g/mol. The monoisotopic (exact) mass is 326 g/mol. The molecule has 4 nitrogen and oxygen atoms in total. The molecule has 0 aliphatic rings. The lowest BCUT2D eigenvalue weighted by Gasteiger charge is -2.18. The Morgan fingerprint density at radius 2 is 2.19 bits per heavy atom. The summed E-state index contributed by atoms with van der Waals surface area (Å²) < 4.78 is 41.7. The van der Waals surface area contributed by atoms with Crippen LogP contribution in [0.15, 0.2) is 5.51 Å². The average molecular weight is 326 g/mol. The van der Waals surface area contributed by atoms with E-state index in [2.05, 4.69) is 10.3 Å². The molecular formula is C13H21F3N2O2S. The molecule has 8 heteroatoms. The van der Waals surface area contributed by atoms with E-state index < -0.39 is 24.7 Å². The third kappa shape index (κ3) is 8.35. The van der Waals surface area contributed by atoms with Crippen molar-refractivity contribution in [3.05, 3.63) is 16.1 Å². The number of aliphatic hydroxyl groups excluding tert-OH is 1. The standard InChI is InChI=1S/C13H21F3N2O2S/c1-9(5-13(14,15)16)17-6-11(19)7-20-4-3-12-10(2)18-8-21-12/h8-9,11,17,19H,3-7H2,1-2H3. The number of alkyl halides is 3. The second-order valence-corrected chi connectivity index (χ2v) is 5.91. The highest BCUT2D eigenvalue weighted by Gasteiger charge is 2.29. The van der Waals surface area contributed by atoms with Crippen LogP contribution in [0.3, 0.4) is 0 Å². The maximum absolute atomic E-state index is 12.1. The summed E-state index contributed by atoms with van der Waals surface area (Å²) in [5.41, 5.74) is 2.75. The van der Waals surface area contributed by atoms with Crippen LogP contribution in [-0.2, 0) is 11.2 Å². The summed E-state index contributed by atoms with van der Waals surface area (Å²) >= 11 is 1.56. The van der Waals surface area contributed by atoms with Gasteiger partial charge in [0.25, 0.3) is 0 Å². The van der Waals surface area contributed by atoms with Crippen LogP contribution in [0.5, 0.6) is 0 Å². The SMILES string of the molecule is Cc1ncsc1CCOCC(O)CNC(C)CC(F)(F)F. The van der Waals surface area contributed by atoms with Gasteiger partial charge in [0.05, 0.1) is 36.9 Å². The van der Waals surface area contributed by atoms with Crippen LogP contribution < -0.4 is 5.32 Å². The molecule has 1 aromatic heterocycles. The van der Waals surface area contributed by atoms with Crippen LogP contribution in [0.4, 0.5) is 13.2 Å². The molecule has 1 heterocycles. The van der Waals surface area contributed by atoms with Crippen molar-refractivity contribution in [2.75, 3.05) is 19.8 Å². The lowest BCUT2D eigenvalue weighted by Crippen LogP contribution is -2.38. The van der Waals surface area contributed by atoms with E-state index in [1.165, 1.54) is 6.92 Å². The Bertz CT molecular complexity index is 412. The largest absolute Gasteiger partial charge is 0.390 e. The van der Waals surface area contributed by atoms with Gasteiger partial charge in [-0.2, -0.15) is 13.2 Å². The summed E-state index contributed by atoms with van der Waals surface area (Å²) in [7, 11) is 0. The number of hydrogen-bond donors (Lipinski definition) is 2. The molecule has 0 aliphatic carbocycles. The Kier molecular flexibility index (Phi) is 7.58. The molecule has 2 atom stereocenters. The minimum absolute atomic E-state index is 0.0802. The zero-order valence-corrected chi connectivity index (χ0v) is 12.9. The normalized spacial score (nSPS) is 15.1. The predicted octanol–water partition coefficient (Wildman–Crippen LogP) is 2.30. The number of aliphatic hydroxyl groups is 1. The highest BCUT2D eigenvalue weighted by atomic mass is 32.1. The fraction of sp³-hybridized carbons (Fsp3) is 0.769. The van der Waals surface area contributed by atoms with Crippen LogP contribution in [-0.4, -0.2) is 48.2 Å². The van der Waals surface area contributed by atoms with Crippen LogP contribution >= 0.6 is 11.3 Å². The number of rotatable bonds is 9. The van der Waals surface area contributed by atoms with Crippen LogP contribution in [0.2, 0.25) is 0 Å². The first-order valence-corrected chi connectivity index (χ1v) is 7.61. The van der Waals surface area contributed by atoms with Crippen molar-refractivity contribution < 1.29 is 23.0 Å². The summed E-state index contributed by atoms with van der Waals surface area (Å²) in [6.07, 6.45) is -5.20. The summed E-state index contributed by atoms with van der Waals surface area (Å²) in [6.45, 7) is 4.00. The molecule has 122 valence electrons. The molecule has 0 aromatic carbocycles. The van der Waals surface area contributed by atoms with Gasteiger partial charge in [0.15, 0.2) is 0 Å². The molecule has 0 saturated carbocycles. The van der Waals surface area contributed by atoms with E-state index in [0.29, 0.717) is 6.61 Å². The van der Waals surface area contributed by atoms with Crippen LogP contribution in [0, 0.1) is 6.92 Å². The smallest absolute Gasteiger partial charge is 0.389 e. The first-order chi connectivity index (χ1) is 9.78. The molecule has 21 heavy (non-hydrogen) atoms. The summed E-state index contributed by atoms with van der Waals surface area (Å²) in [5.74, 6) is 0. The number of nitrogens with zero attached hydrogens (tertiary/aromatic N) is 1. The Morgan fingerprint density at radius 1 is 1.48 bits per heavy atom. The van der Waals surface area contributed by atoms with E-state index in [4.69, 9.17) is 4.74 Å². The van der Waals surface area contributed by atoms with Crippen molar-refractivity contribution in [3.63, 3.8) is 0 Å². The highest BCUT2D eigenvalue weighted by molar-refractivity contribution is 7.09. The van der Waals surface area contributed by atoms with Gasteiger partial charge in [0.1, 0.15) is 0 Å². The lowest BCUT2D eigenvalue weighted by molar-refractivity contribution is -0.139. The molecule has 1 rings (SSSR count). The van der Waals surface area contributed by atoms with Crippen molar-refractivity contribution in [1.29, 1.82) is 0 Å². The van der Waals surface area contributed by atoms with E-state index in [-0.39, 0.29) is 13.2 Å². The van der Waals surface area contributed by atoms with E-state index in [1.807, 2.05) is 6.92 Å². The highest BCUT2D eigenvalue weighted by Crippen LogP contribution is 2.21. The number of nitrogens with one attached hydrogen (secondary N) is 1. The average Bonchev–Trinajstić information content (AvgIpc) is 2.76. The van der Waals surface area contributed by atoms with E-state index >= 15 is 0 Å². The number of halogens is 3. The van der Waals surface area contributed by atoms with Gasteiger partial charge in [-0.3, -0.25) is 0 Å². The van der Waals surface area contributed by atoms with Gasteiger partial charge in [-0.25, -0.2) is 4.98 Å². The number of aryl methyl sites for hydroxylation is 1. The number of aromatic nitrogens is 1. The van der Waals surface area contributed by atoms with Crippen LogP contribution in [0.1, 0.15) is 23.9 Å². The summed E-state index contributed by atoms with van der Waals surface area (Å²) in [6, 6.07) is -0.723. The quantitative estimate of drug-likeness (QED) is 0.684. The molecule has 0 bridgehead atoms. The van der Waals surface area contributed by atoms with Crippen molar-refractivity contribution >= 4 is 11.3 Å². The minimum atomic E-state index is -4.19. The molecule has 0 fully saturated rings. The zero-order chi connectivity index (χ0) is 15.9. The fourth-order valence-electron chi connectivity index (χ4n) is 1.77. The second kappa shape index (κ2) is 8.67. The molecule has 0 spiro atoms. The van der Waals surface area contributed by atoms with E-state index in [1.54, 1.807) is 16.8 Å². The number of ether oxygens (including phenoxy) is 1. The maximum atomic E-state index is 12.1. The molecule has 0 saturated heterocycles. The molecule has 0 aliphatic heterocycles. The molecule has 2 N–H and O–H groups in total. The minimum Gasteiger partial charge on any atom is -0.389 e. The van der Waals surface area contributed by atoms with Gasteiger partial charge >= 0.3 is 6.18 Å². The van der Waals surface area contributed by atoms with Gasteiger partial charge < -0.3 is 15.2 Å². The lowest BCUT2D eigenvalue weighted by atomic mass is 10.2. The van der Waals surface area contributed by atoms with Gasteiger partial charge in [-0.05, 0) is 13.8 Å². The van der Waals surface area contributed by atoms with Crippen molar-refractivity contribution in [3.8, 4) is 0 Å². The van der Waals surface area contributed by atoms with Crippen molar-refractivity contribution in [2.24, 2.45) is 0 Å². The first kappa shape index (κ1) is 18.3. The first-order valence-electron chi connectivity index (χ1n) is 6.73. The Hall–Kier alpha value is -0.700. The third-order valence-corrected chi connectivity index (χ3v) is 3.86. The fourth-order valence-corrected chi connectivity index (χ4v) is 2.53. The number of hydrogen-bond acceptors (Lipinski definition) is 5. The number of thiazole rings is 1. The van der Waals surface area contributed by atoms with Gasteiger partial charge in [-0.15, -0.1) is 11.3 Å². The van der Waals surface area contributed by atoms with Gasteiger partial charge in [0, 0.05) is 23.9 Å². The summed E-state index contributed by atoms with van der Waals surface area (Å²) in [4.78, 5) is 5.26. The Morgan fingerprint density at radius 3 is 2.76 bits per heavy atom. The Labute approximate surface area is 126 Å². The predicted molar refractivity (Wildman–Crippen MR) is 75.5 cm³/mol. The van der Waals surface area contributed by atoms with Crippen molar-refractivity contribution in [1.82, 2.24) is 10.3 Å². The topological polar surface area (TPSA) is 54.4 Å². The van der Waals surface area contributed by atoms with Crippen molar-refractivity contribution in [2.45, 2.75) is 45.0 Å². The maximum Gasteiger partial charge on any atom is 0.390 e. The van der Waals surface area contributed by atoms with Gasteiger partial charge in [0.2, 0.25) is 0 Å². The Balaban J connectivity index is 2.08. The van der Waals surface area contributed by atoms with Crippen LogP contribution in [0.25, 0.3) is 0 Å². The molecule has 0 radical (unpaired) electrons. The molecule has 1 aromatic rings. The van der Waals surface area contributed by atoms with E-state index in [0.717, 1.165) is 17.0 Å². The summed E-state index contributed by atoms with van der Waals surface area (Å²) in [5, 5.41) is 12.3. The zero-order valence-electron chi connectivity index (χ0n) is 12.1. The van der Waals surface area contributed by atoms with E-state index in [9.17, 15) is 18.3 Å². The second-order valence-electron chi connectivity index (χ2n) is 4.97.